The van der Waals surface area contributed by atoms with Crippen molar-refractivity contribution in [3.8, 4) is 0 Å². The van der Waals surface area contributed by atoms with Crippen LogP contribution in [0.2, 0.25) is 0 Å². The minimum absolute atomic E-state index is 0.510. The Morgan fingerprint density at radius 1 is 1.20 bits per heavy atom. The van der Waals surface area contributed by atoms with Gasteiger partial charge in [0.05, 0.1) is 0 Å². The molecular formula is C14H31N3O2S. The topological polar surface area (TPSA) is 61.4 Å². The Kier molecular flexibility index (Phi) is 8.02. The summed E-state index contributed by atoms with van der Waals surface area (Å²) in [6.07, 6.45) is 5.59. The third-order valence-electron chi connectivity index (χ3n) is 4.18. The fourth-order valence-electron chi connectivity index (χ4n) is 2.59. The van der Waals surface area contributed by atoms with Crippen molar-refractivity contribution in [1.82, 2.24) is 14.3 Å². The molecule has 1 saturated carbocycles. The largest absolute Gasteiger partial charge is 0.317 e. The second-order valence-corrected chi connectivity index (χ2v) is 7.87. The lowest BCUT2D eigenvalue weighted by Gasteiger charge is -2.27. The molecule has 0 aromatic heterocycles. The highest BCUT2D eigenvalue weighted by Gasteiger charge is 2.22. The van der Waals surface area contributed by atoms with Crippen LogP contribution in [0.5, 0.6) is 0 Å². The molecule has 0 bridgehead atoms. The van der Waals surface area contributed by atoms with Crippen molar-refractivity contribution < 1.29 is 8.42 Å². The molecule has 2 N–H and O–H groups in total. The first-order valence-corrected chi connectivity index (χ1v) is 9.31. The molecule has 120 valence electrons. The van der Waals surface area contributed by atoms with Gasteiger partial charge < -0.3 is 5.32 Å². The summed E-state index contributed by atoms with van der Waals surface area (Å²) in [6, 6.07) is 0. The number of rotatable bonds is 9. The SMILES string of the molecule is CCNCCCN(C)S(=O)(=O)NCC1CCC(C)CC1. The number of nitrogens with one attached hydrogen (secondary N) is 2. The van der Waals surface area contributed by atoms with Gasteiger partial charge in [-0.15, -0.1) is 0 Å². The lowest BCUT2D eigenvalue weighted by molar-refractivity contribution is 0.289. The number of hydrogen-bond donors (Lipinski definition) is 2. The summed E-state index contributed by atoms with van der Waals surface area (Å²) in [4.78, 5) is 0. The molecule has 5 nitrogen and oxygen atoms in total. The molecule has 0 radical (unpaired) electrons. The molecule has 0 heterocycles. The van der Waals surface area contributed by atoms with Gasteiger partial charge in [0.2, 0.25) is 0 Å². The van der Waals surface area contributed by atoms with Crippen LogP contribution in [0.4, 0.5) is 0 Å². The van der Waals surface area contributed by atoms with Gasteiger partial charge in [-0.05, 0) is 44.2 Å². The second-order valence-electron chi connectivity index (χ2n) is 6.01. The normalized spacial score (nSPS) is 24.2. The van der Waals surface area contributed by atoms with Gasteiger partial charge in [0, 0.05) is 20.1 Å². The van der Waals surface area contributed by atoms with E-state index in [2.05, 4.69) is 17.0 Å². The van der Waals surface area contributed by atoms with E-state index in [4.69, 9.17) is 0 Å². The first-order chi connectivity index (χ1) is 9.45. The smallest absolute Gasteiger partial charge is 0.279 e. The van der Waals surface area contributed by atoms with Crippen LogP contribution in [0.25, 0.3) is 0 Å². The summed E-state index contributed by atoms with van der Waals surface area (Å²) in [6.45, 7) is 7.26. The fourth-order valence-corrected chi connectivity index (χ4v) is 3.63. The fraction of sp³-hybridized carbons (Fsp3) is 1.00. The molecule has 0 aromatic rings. The lowest BCUT2D eigenvalue weighted by atomic mass is 9.83. The molecule has 20 heavy (non-hydrogen) atoms. The molecule has 0 saturated heterocycles. The zero-order chi connectivity index (χ0) is 15.0. The van der Waals surface area contributed by atoms with Crippen LogP contribution < -0.4 is 10.0 Å². The van der Waals surface area contributed by atoms with E-state index in [-0.39, 0.29) is 0 Å². The van der Waals surface area contributed by atoms with Crippen molar-refractivity contribution >= 4 is 10.2 Å². The van der Waals surface area contributed by atoms with Gasteiger partial charge in [-0.3, -0.25) is 0 Å². The highest BCUT2D eigenvalue weighted by molar-refractivity contribution is 7.87. The summed E-state index contributed by atoms with van der Waals surface area (Å²) in [5, 5.41) is 3.20. The van der Waals surface area contributed by atoms with Crippen molar-refractivity contribution in [2.24, 2.45) is 11.8 Å². The van der Waals surface area contributed by atoms with E-state index in [1.807, 2.05) is 6.92 Å². The van der Waals surface area contributed by atoms with E-state index in [9.17, 15) is 8.42 Å². The average molecular weight is 305 g/mol. The van der Waals surface area contributed by atoms with Crippen LogP contribution in [-0.2, 0) is 10.2 Å². The van der Waals surface area contributed by atoms with Crippen molar-refractivity contribution in [2.45, 2.75) is 46.0 Å². The maximum atomic E-state index is 12.1. The van der Waals surface area contributed by atoms with Gasteiger partial charge in [0.25, 0.3) is 10.2 Å². The van der Waals surface area contributed by atoms with Gasteiger partial charge >= 0.3 is 0 Å². The Labute approximate surface area is 124 Å². The first kappa shape index (κ1) is 17.9. The molecule has 1 aliphatic rings. The Balaban J connectivity index is 2.26. The van der Waals surface area contributed by atoms with E-state index in [1.165, 1.54) is 17.1 Å². The summed E-state index contributed by atoms with van der Waals surface area (Å²) >= 11 is 0. The molecule has 0 aromatic carbocycles. The van der Waals surface area contributed by atoms with E-state index in [0.717, 1.165) is 38.3 Å². The van der Waals surface area contributed by atoms with Crippen LogP contribution in [0, 0.1) is 11.8 Å². The quantitative estimate of drug-likeness (QED) is 0.636. The summed E-state index contributed by atoms with van der Waals surface area (Å²) < 4.78 is 28.4. The second kappa shape index (κ2) is 8.97. The zero-order valence-corrected chi connectivity index (χ0v) is 14.0. The van der Waals surface area contributed by atoms with E-state index >= 15 is 0 Å². The molecule has 0 spiro atoms. The van der Waals surface area contributed by atoms with Gasteiger partial charge in [-0.1, -0.05) is 26.7 Å². The van der Waals surface area contributed by atoms with Crippen molar-refractivity contribution in [2.75, 3.05) is 33.2 Å². The third-order valence-corrected chi connectivity index (χ3v) is 5.71. The third kappa shape index (κ3) is 6.52. The summed E-state index contributed by atoms with van der Waals surface area (Å²) in [5.41, 5.74) is 0. The highest BCUT2D eigenvalue weighted by atomic mass is 32.2. The molecule has 0 unspecified atom stereocenters. The lowest BCUT2D eigenvalue weighted by Crippen LogP contribution is -2.41. The average Bonchev–Trinajstić information content (AvgIpc) is 2.43. The minimum Gasteiger partial charge on any atom is -0.317 e. The monoisotopic (exact) mass is 305 g/mol. The van der Waals surface area contributed by atoms with Crippen molar-refractivity contribution in [1.29, 1.82) is 0 Å². The molecule has 0 aliphatic heterocycles. The predicted molar refractivity (Wildman–Crippen MR) is 83.8 cm³/mol. The Hall–Kier alpha value is -0.170. The predicted octanol–water partition coefficient (Wildman–Crippen LogP) is 1.58. The Morgan fingerprint density at radius 3 is 2.45 bits per heavy atom. The van der Waals surface area contributed by atoms with Gasteiger partial charge in [0.15, 0.2) is 0 Å². The Morgan fingerprint density at radius 2 is 1.85 bits per heavy atom. The van der Waals surface area contributed by atoms with E-state index in [0.29, 0.717) is 19.0 Å². The summed E-state index contributed by atoms with van der Waals surface area (Å²) in [5.74, 6) is 1.31. The molecule has 0 atom stereocenters. The van der Waals surface area contributed by atoms with Crippen LogP contribution in [0.3, 0.4) is 0 Å². The summed E-state index contributed by atoms with van der Waals surface area (Å²) in [7, 11) is -1.65. The molecule has 1 fully saturated rings. The van der Waals surface area contributed by atoms with E-state index < -0.39 is 10.2 Å². The minimum atomic E-state index is -3.30. The first-order valence-electron chi connectivity index (χ1n) is 7.87. The maximum Gasteiger partial charge on any atom is 0.279 e. The van der Waals surface area contributed by atoms with Crippen LogP contribution in [-0.4, -0.2) is 45.9 Å². The molecule has 0 amide bonds. The van der Waals surface area contributed by atoms with Gasteiger partial charge in [0.1, 0.15) is 0 Å². The van der Waals surface area contributed by atoms with Crippen molar-refractivity contribution in [3.05, 3.63) is 0 Å². The molecule has 1 rings (SSSR count). The van der Waals surface area contributed by atoms with Gasteiger partial charge in [-0.25, -0.2) is 4.72 Å². The van der Waals surface area contributed by atoms with Crippen LogP contribution in [0.1, 0.15) is 46.0 Å². The highest BCUT2D eigenvalue weighted by Crippen LogP contribution is 2.27. The molecule has 1 aliphatic carbocycles. The van der Waals surface area contributed by atoms with Crippen molar-refractivity contribution in [3.63, 3.8) is 0 Å². The van der Waals surface area contributed by atoms with Crippen LogP contribution >= 0.6 is 0 Å². The number of nitrogens with zero attached hydrogens (tertiary/aromatic N) is 1. The molecule has 6 heteroatoms. The van der Waals surface area contributed by atoms with Crippen LogP contribution in [0.15, 0.2) is 0 Å². The zero-order valence-electron chi connectivity index (χ0n) is 13.2. The Bertz CT molecular complexity index is 351. The standard InChI is InChI=1S/C14H31N3O2S/c1-4-15-10-5-11-17(3)20(18,19)16-12-14-8-6-13(2)7-9-14/h13-16H,4-12H2,1-3H3. The van der Waals surface area contributed by atoms with Gasteiger partial charge in [-0.2, -0.15) is 12.7 Å². The molecular weight excluding hydrogens is 274 g/mol. The van der Waals surface area contributed by atoms with E-state index in [1.54, 1.807) is 7.05 Å². The number of hydrogen-bond acceptors (Lipinski definition) is 3. The maximum absolute atomic E-state index is 12.1.